The Bertz CT molecular complexity index is 778. The monoisotopic (exact) mass is 357 g/mol. The van der Waals surface area contributed by atoms with Crippen LogP contribution < -0.4 is 10.1 Å². The normalized spacial score (nSPS) is 10.6. The molecule has 1 amide bonds. The van der Waals surface area contributed by atoms with Gasteiger partial charge in [0.15, 0.2) is 0 Å². The molecule has 0 radical (unpaired) electrons. The van der Waals surface area contributed by atoms with Crippen molar-refractivity contribution >= 4 is 17.3 Å². The minimum atomic E-state index is -0.487. The molecular weight excluding hydrogens is 334 g/mol. The Morgan fingerprint density at radius 2 is 1.88 bits per heavy atom. The number of hydrogen-bond donors (Lipinski definition) is 1. The molecule has 0 unspecified atom stereocenters. The molecule has 0 saturated carbocycles. The van der Waals surface area contributed by atoms with Crippen LogP contribution in [0.15, 0.2) is 42.5 Å². The molecular formula is C19H23N3O4. The van der Waals surface area contributed by atoms with Gasteiger partial charge in [0.1, 0.15) is 18.0 Å². The first-order valence-electron chi connectivity index (χ1n) is 8.29. The second-order valence-corrected chi connectivity index (χ2v) is 6.11. The zero-order valence-corrected chi connectivity index (χ0v) is 15.2. The highest BCUT2D eigenvalue weighted by atomic mass is 16.6. The molecule has 0 bridgehead atoms. The number of likely N-dealkylation sites (N-methyl/N-ethyl adjacent to an activating group) is 1. The van der Waals surface area contributed by atoms with Gasteiger partial charge in [-0.15, -0.1) is 0 Å². The number of nitrogens with zero attached hydrogens (tertiary/aromatic N) is 2. The van der Waals surface area contributed by atoms with E-state index in [1.807, 2.05) is 37.3 Å². The van der Waals surface area contributed by atoms with Crippen LogP contribution >= 0.6 is 0 Å². The third-order valence-electron chi connectivity index (χ3n) is 4.07. The zero-order valence-electron chi connectivity index (χ0n) is 15.2. The fourth-order valence-electron chi connectivity index (χ4n) is 2.45. The highest BCUT2D eigenvalue weighted by Crippen LogP contribution is 2.30. The van der Waals surface area contributed by atoms with Crippen LogP contribution in [-0.4, -0.2) is 42.5 Å². The summed E-state index contributed by atoms with van der Waals surface area (Å²) in [5, 5.41) is 13.9. The molecule has 26 heavy (non-hydrogen) atoms. The lowest BCUT2D eigenvalue weighted by Crippen LogP contribution is -2.33. The zero-order chi connectivity index (χ0) is 19.1. The Hall–Kier alpha value is -2.93. The van der Waals surface area contributed by atoms with Crippen LogP contribution in [0.25, 0.3) is 0 Å². The Morgan fingerprint density at radius 1 is 1.19 bits per heavy atom. The number of aryl methyl sites for hydroxylation is 1. The number of anilines is 1. The maximum atomic E-state index is 12.3. The van der Waals surface area contributed by atoms with Gasteiger partial charge in [-0.1, -0.05) is 24.3 Å². The molecule has 0 aliphatic rings. The van der Waals surface area contributed by atoms with Crippen molar-refractivity contribution in [2.45, 2.75) is 13.8 Å². The first kappa shape index (κ1) is 19.4. The van der Waals surface area contributed by atoms with Gasteiger partial charge in [0.2, 0.25) is 5.91 Å². The Labute approximate surface area is 152 Å². The third kappa shape index (κ3) is 5.29. The van der Waals surface area contributed by atoms with E-state index >= 15 is 0 Å². The Kier molecular flexibility index (Phi) is 6.68. The van der Waals surface area contributed by atoms with Crippen molar-refractivity contribution in [1.29, 1.82) is 0 Å². The fourth-order valence-corrected chi connectivity index (χ4v) is 2.45. The van der Waals surface area contributed by atoms with Crippen LogP contribution in [0.3, 0.4) is 0 Å². The van der Waals surface area contributed by atoms with E-state index < -0.39 is 4.92 Å². The molecule has 0 saturated heterocycles. The van der Waals surface area contributed by atoms with E-state index in [1.165, 1.54) is 6.07 Å². The van der Waals surface area contributed by atoms with Crippen molar-refractivity contribution in [1.82, 2.24) is 4.90 Å². The molecule has 0 spiro atoms. The molecule has 0 aromatic heterocycles. The molecule has 2 aromatic carbocycles. The number of ether oxygens (including phenoxy) is 1. The summed E-state index contributed by atoms with van der Waals surface area (Å²) < 4.78 is 5.60. The molecule has 0 heterocycles. The van der Waals surface area contributed by atoms with Crippen molar-refractivity contribution in [3.05, 3.63) is 63.7 Å². The molecule has 7 heteroatoms. The second kappa shape index (κ2) is 8.96. The summed E-state index contributed by atoms with van der Waals surface area (Å²) in [5.41, 5.74) is 1.74. The van der Waals surface area contributed by atoms with Gasteiger partial charge >= 0.3 is 0 Å². The number of carbonyl (C=O) groups is 1. The van der Waals surface area contributed by atoms with Crippen LogP contribution in [0, 0.1) is 24.0 Å². The van der Waals surface area contributed by atoms with E-state index in [0.29, 0.717) is 18.7 Å². The number of benzene rings is 2. The average molecular weight is 357 g/mol. The van der Waals surface area contributed by atoms with Crippen molar-refractivity contribution < 1.29 is 14.5 Å². The summed E-state index contributed by atoms with van der Waals surface area (Å²) in [7, 11) is 1.80. The molecule has 0 aliphatic carbocycles. The second-order valence-electron chi connectivity index (χ2n) is 6.11. The summed E-state index contributed by atoms with van der Waals surface area (Å²) in [6.07, 6.45) is 0. The SMILES string of the molecule is Cc1ccc([N+](=O)[O-])c(NC(=O)CN(C)CCOc2ccccc2)c1C. The average Bonchev–Trinajstić information content (AvgIpc) is 2.59. The summed E-state index contributed by atoms with van der Waals surface area (Å²) in [6.45, 7) is 4.72. The van der Waals surface area contributed by atoms with Crippen LogP contribution in [0.1, 0.15) is 11.1 Å². The lowest BCUT2D eigenvalue weighted by Gasteiger charge is -2.17. The Morgan fingerprint density at radius 3 is 2.54 bits per heavy atom. The van der Waals surface area contributed by atoms with E-state index in [0.717, 1.165) is 11.3 Å². The van der Waals surface area contributed by atoms with E-state index in [2.05, 4.69) is 5.32 Å². The quantitative estimate of drug-likeness (QED) is 0.579. The highest BCUT2D eigenvalue weighted by molar-refractivity contribution is 5.95. The summed E-state index contributed by atoms with van der Waals surface area (Å²) in [4.78, 5) is 24.8. The van der Waals surface area contributed by atoms with Gasteiger partial charge in [-0.2, -0.15) is 0 Å². The highest BCUT2D eigenvalue weighted by Gasteiger charge is 2.19. The van der Waals surface area contributed by atoms with Gasteiger partial charge in [0, 0.05) is 12.6 Å². The predicted octanol–water partition coefficient (Wildman–Crippen LogP) is 3.16. The van der Waals surface area contributed by atoms with E-state index in [4.69, 9.17) is 4.74 Å². The van der Waals surface area contributed by atoms with Crippen LogP contribution in [0.5, 0.6) is 5.75 Å². The minimum absolute atomic E-state index is 0.100. The number of carbonyl (C=O) groups excluding carboxylic acids is 1. The fraction of sp³-hybridized carbons (Fsp3) is 0.316. The van der Waals surface area contributed by atoms with Crippen LogP contribution in [0.2, 0.25) is 0 Å². The van der Waals surface area contributed by atoms with Gasteiger partial charge in [0.05, 0.1) is 11.5 Å². The van der Waals surface area contributed by atoms with Crippen molar-refractivity contribution in [2.75, 3.05) is 32.1 Å². The lowest BCUT2D eigenvalue weighted by molar-refractivity contribution is -0.384. The van der Waals surface area contributed by atoms with Crippen molar-refractivity contribution in [3.63, 3.8) is 0 Å². The van der Waals surface area contributed by atoms with Gasteiger partial charge < -0.3 is 10.1 Å². The van der Waals surface area contributed by atoms with Gasteiger partial charge in [-0.25, -0.2) is 0 Å². The number of nitrogens with one attached hydrogen (secondary N) is 1. The molecule has 0 atom stereocenters. The first-order valence-corrected chi connectivity index (χ1v) is 8.29. The Balaban J connectivity index is 1.90. The first-order chi connectivity index (χ1) is 12.4. The molecule has 0 fully saturated rings. The number of hydrogen-bond acceptors (Lipinski definition) is 5. The van der Waals surface area contributed by atoms with Gasteiger partial charge in [0.25, 0.3) is 5.69 Å². The molecule has 138 valence electrons. The van der Waals surface area contributed by atoms with Crippen LogP contribution in [-0.2, 0) is 4.79 Å². The van der Waals surface area contributed by atoms with Crippen LogP contribution in [0.4, 0.5) is 11.4 Å². The predicted molar refractivity (Wildman–Crippen MR) is 101 cm³/mol. The summed E-state index contributed by atoms with van der Waals surface area (Å²) >= 11 is 0. The molecule has 0 aliphatic heterocycles. The maximum Gasteiger partial charge on any atom is 0.293 e. The molecule has 2 rings (SSSR count). The third-order valence-corrected chi connectivity index (χ3v) is 4.07. The minimum Gasteiger partial charge on any atom is -0.492 e. The van der Waals surface area contributed by atoms with Crippen molar-refractivity contribution in [3.8, 4) is 5.75 Å². The molecule has 7 nitrogen and oxygen atoms in total. The van der Waals surface area contributed by atoms with E-state index in [1.54, 1.807) is 24.9 Å². The number of nitro groups is 1. The van der Waals surface area contributed by atoms with E-state index in [-0.39, 0.29) is 23.8 Å². The maximum absolute atomic E-state index is 12.3. The number of rotatable bonds is 8. The van der Waals surface area contributed by atoms with E-state index in [9.17, 15) is 14.9 Å². The van der Waals surface area contributed by atoms with Gasteiger partial charge in [-0.05, 0) is 44.2 Å². The lowest BCUT2D eigenvalue weighted by atomic mass is 10.1. The molecule has 2 aromatic rings. The molecule has 1 N–H and O–H groups in total. The number of para-hydroxylation sites is 1. The number of nitro benzene ring substituents is 1. The summed E-state index contributed by atoms with van der Waals surface area (Å²) in [6, 6.07) is 12.5. The standard InChI is InChI=1S/C19H23N3O4/c1-14-9-10-17(22(24)25)19(15(14)2)20-18(23)13-21(3)11-12-26-16-7-5-4-6-8-16/h4-10H,11-13H2,1-3H3,(H,20,23). The topological polar surface area (TPSA) is 84.7 Å². The largest absolute Gasteiger partial charge is 0.492 e. The van der Waals surface area contributed by atoms with Gasteiger partial charge in [-0.3, -0.25) is 19.8 Å². The number of amides is 1. The summed E-state index contributed by atoms with van der Waals surface area (Å²) in [5.74, 6) is 0.473. The van der Waals surface area contributed by atoms with Crippen molar-refractivity contribution in [2.24, 2.45) is 0 Å². The smallest absolute Gasteiger partial charge is 0.293 e.